The maximum atomic E-state index is 3.87. The van der Waals surface area contributed by atoms with Gasteiger partial charge in [0, 0.05) is 22.2 Å². The molecule has 1 aromatic heterocycles. The van der Waals surface area contributed by atoms with Crippen LogP contribution in [0, 0.1) is 6.92 Å². The van der Waals surface area contributed by atoms with Gasteiger partial charge in [-0.3, -0.25) is 5.10 Å². The van der Waals surface area contributed by atoms with Crippen LogP contribution in [-0.2, 0) is 0 Å². The molecule has 0 aliphatic heterocycles. The first-order valence-electron chi connectivity index (χ1n) is 2.21. The molecule has 0 aromatic carbocycles. The highest BCUT2D eigenvalue weighted by Gasteiger charge is 1.89. The average molecular weight is 176 g/mol. The monoisotopic (exact) mass is 175 g/mol. The number of aromatic amines is 1. The maximum absolute atomic E-state index is 3.87. The van der Waals surface area contributed by atoms with Crippen molar-refractivity contribution in [2.24, 2.45) is 0 Å². The van der Waals surface area contributed by atoms with E-state index in [-0.39, 0.29) is 0 Å². The molecule has 0 saturated carbocycles. The highest BCUT2D eigenvalue weighted by Crippen LogP contribution is 2.04. The van der Waals surface area contributed by atoms with Gasteiger partial charge in [-0.15, -0.1) is 0 Å². The van der Waals surface area contributed by atoms with Crippen LogP contribution in [0.15, 0.2) is 6.07 Å². The number of rotatable bonds is 1. The van der Waals surface area contributed by atoms with Gasteiger partial charge >= 0.3 is 0 Å². The second-order valence-corrected chi connectivity index (χ2v) is 1.91. The van der Waals surface area contributed by atoms with E-state index in [1.807, 2.05) is 13.0 Å². The van der Waals surface area contributed by atoms with Crippen molar-refractivity contribution in [3.8, 4) is 0 Å². The number of halogens is 1. The van der Waals surface area contributed by atoms with Crippen molar-refractivity contribution in [2.45, 2.75) is 6.92 Å². The summed E-state index contributed by atoms with van der Waals surface area (Å²) >= 11 is 3.05. The van der Waals surface area contributed by atoms with E-state index in [0.29, 0.717) is 0 Å². The van der Waals surface area contributed by atoms with Gasteiger partial charge in [0.1, 0.15) is 5.82 Å². The topological polar surface area (TPSA) is 40.7 Å². The molecule has 0 aliphatic carbocycles. The zero-order chi connectivity index (χ0) is 5.98. The van der Waals surface area contributed by atoms with Crippen molar-refractivity contribution in [2.75, 3.05) is 4.34 Å². The second kappa shape index (κ2) is 2.17. The van der Waals surface area contributed by atoms with Gasteiger partial charge in [-0.2, -0.15) is 5.10 Å². The Balaban J connectivity index is 2.84. The van der Waals surface area contributed by atoms with E-state index < -0.39 is 0 Å². The smallest absolute Gasteiger partial charge is 0.131 e. The fraction of sp³-hybridized carbons (Fsp3) is 0.250. The minimum absolute atomic E-state index is 0.877. The van der Waals surface area contributed by atoms with Crippen LogP contribution in [-0.4, -0.2) is 10.2 Å². The molecule has 0 aliphatic rings. The molecule has 0 bridgehead atoms. The van der Waals surface area contributed by atoms with E-state index >= 15 is 0 Å². The Hall–Kier alpha value is -0.510. The standard InChI is InChI=1S/C4H6BrN3/c1-3-2-4(6-5)8-7-3/h2H,1H3,(H2,6,7,8). The number of hydrogen-bond donors (Lipinski definition) is 2. The van der Waals surface area contributed by atoms with Crippen LogP contribution in [0.2, 0.25) is 0 Å². The van der Waals surface area contributed by atoms with Crippen LogP contribution in [0.3, 0.4) is 0 Å². The maximum Gasteiger partial charge on any atom is 0.131 e. The number of nitrogens with one attached hydrogen (secondary N) is 2. The van der Waals surface area contributed by atoms with Gasteiger partial charge in [0.05, 0.1) is 5.69 Å². The van der Waals surface area contributed by atoms with Gasteiger partial charge in [-0.05, 0) is 6.92 Å². The van der Waals surface area contributed by atoms with Gasteiger partial charge in [0.25, 0.3) is 0 Å². The van der Waals surface area contributed by atoms with Crippen LogP contribution >= 0.6 is 16.1 Å². The number of H-pyrrole nitrogens is 1. The lowest BCUT2D eigenvalue weighted by molar-refractivity contribution is 1.05. The summed E-state index contributed by atoms with van der Waals surface area (Å²) in [7, 11) is 0. The van der Waals surface area contributed by atoms with Crippen LogP contribution in [0.5, 0.6) is 0 Å². The first kappa shape index (κ1) is 5.62. The summed E-state index contributed by atoms with van der Waals surface area (Å²) in [4.78, 5) is 0. The summed E-state index contributed by atoms with van der Waals surface area (Å²) < 4.78 is 2.74. The normalized spacial score (nSPS) is 9.25. The predicted octanol–water partition coefficient (Wildman–Crippen LogP) is 1.44. The predicted molar refractivity (Wildman–Crippen MR) is 35.9 cm³/mol. The molecular formula is C4H6BrN3. The summed E-state index contributed by atoms with van der Waals surface area (Å²) in [5.74, 6) is 0.877. The van der Waals surface area contributed by atoms with Crippen molar-refractivity contribution >= 4 is 22.0 Å². The summed E-state index contributed by atoms with van der Waals surface area (Å²) in [5, 5.41) is 6.62. The first-order valence-corrected chi connectivity index (χ1v) is 3.01. The number of aromatic nitrogens is 2. The molecule has 0 unspecified atom stereocenters. The molecule has 0 atom stereocenters. The van der Waals surface area contributed by atoms with Gasteiger partial charge < -0.3 is 4.34 Å². The Kier molecular flexibility index (Phi) is 1.53. The summed E-state index contributed by atoms with van der Waals surface area (Å²) in [6, 6.07) is 1.90. The van der Waals surface area contributed by atoms with Crippen molar-refractivity contribution in [1.82, 2.24) is 10.2 Å². The Labute approximate surface area is 55.8 Å². The van der Waals surface area contributed by atoms with Crippen molar-refractivity contribution in [3.05, 3.63) is 11.8 Å². The van der Waals surface area contributed by atoms with Crippen molar-refractivity contribution in [1.29, 1.82) is 0 Å². The zero-order valence-electron chi connectivity index (χ0n) is 4.40. The van der Waals surface area contributed by atoms with Crippen LogP contribution < -0.4 is 4.34 Å². The molecule has 0 radical (unpaired) electrons. The minimum atomic E-state index is 0.877. The molecule has 1 aromatic rings. The van der Waals surface area contributed by atoms with E-state index in [1.165, 1.54) is 0 Å². The van der Waals surface area contributed by atoms with E-state index in [9.17, 15) is 0 Å². The number of anilines is 1. The molecular weight excluding hydrogens is 170 g/mol. The Morgan fingerprint density at radius 2 is 2.62 bits per heavy atom. The van der Waals surface area contributed by atoms with Crippen LogP contribution in [0.4, 0.5) is 5.82 Å². The highest BCUT2D eigenvalue weighted by atomic mass is 79.9. The minimum Gasteiger partial charge on any atom is -0.307 e. The quantitative estimate of drug-likeness (QED) is 0.635. The highest BCUT2D eigenvalue weighted by molar-refractivity contribution is 9.10. The lowest BCUT2D eigenvalue weighted by Gasteiger charge is -1.83. The molecule has 0 saturated heterocycles. The second-order valence-electron chi connectivity index (χ2n) is 1.52. The molecule has 1 heterocycles. The lowest BCUT2D eigenvalue weighted by Crippen LogP contribution is -1.75. The van der Waals surface area contributed by atoms with Crippen molar-refractivity contribution in [3.63, 3.8) is 0 Å². The van der Waals surface area contributed by atoms with E-state index in [1.54, 1.807) is 0 Å². The first-order chi connectivity index (χ1) is 3.83. The SMILES string of the molecule is Cc1cc(NBr)[nH]n1. The van der Waals surface area contributed by atoms with E-state index in [4.69, 9.17) is 0 Å². The summed E-state index contributed by atoms with van der Waals surface area (Å²) in [5.41, 5.74) is 0.979. The number of hydrogen-bond acceptors (Lipinski definition) is 2. The Morgan fingerprint density at radius 1 is 1.88 bits per heavy atom. The third-order valence-corrected chi connectivity index (χ3v) is 1.23. The lowest BCUT2D eigenvalue weighted by atomic mass is 10.5. The Morgan fingerprint density at radius 3 is 2.88 bits per heavy atom. The Bertz CT molecular complexity index is 172. The molecule has 44 valence electrons. The fourth-order valence-electron chi connectivity index (χ4n) is 0.470. The van der Waals surface area contributed by atoms with E-state index in [2.05, 4.69) is 30.7 Å². The fourth-order valence-corrected chi connectivity index (χ4v) is 0.673. The molecule has 0 fully saturated rings. The molecule has 0 amide bonds. The third-order valence-electron chi connectivity index (χ3n) is 0.808. The molecule has 2 N–H and O–H groups in total. The van der Waals surface area contributed by atoms with Gasteiger partial charge in [-0.25, -0.2) is 0 Å². The van der Waals surface area contributed by atoms with Crippen LogP contribution in [0.1, 0.15) is 5.69 Å². The van der Waals surface area contributed by atoms with Gasteiger partial charge in [-0.1, -0.05) is 0 Å². The van der Waals surface area contributed by atoms with Crippen molar-refractivity contribution < 1.29 is 0 Å². The number of aryl methyl sites for hydroxylation is 1. The molecule has 4 heteroatoms. The van der Waals surface area contributed by atoms with Gasteiger partial charge in [0.2, 0.25) is 0 Å². The van der Waals surface area contributed by atoms with E-state index in [0.717, 1.165) is 11.5 Å². The zero-order valence-corrected chi connectivity index (χ0v) is 5.99. The molecule has 0 spiro atoms. The average Bonchev–Trinajstić information content (AvgIpc) is 2.14. The number of nitrogens with zero attached hydrogens (tertiary/aromatic N) is 1. The molecule has 3 nitrogen and oxygen atoms in total. The summed E-state index contributed by atoms with van der Waals surface area (Å²) in [6.07, 6.45) is 0. The summed E-state index contributed by atoms with van der Waals surface area (Å²) in [6.45, 7) is 1.92. The van der Waals surface area contributed by atoms with Gasteiger partial charge in [0.15, 0.2) is 0 Å². The molecule has 1 rings (SSSR count). The largest absolute Gasteiger partial charge is 0.307 e. The third kappa shape index (κ3) is 1.01. The molecule has 8 heavy (non-hydrogen) atoms. The van der Waals surface area contributed by atoms with Crippen LogP contribution in [0.25, 0.3) is 0 Å².